The number of hydrogen-bond donors (Lipinski definition) is 2. The molecule has 1 aromatic rings. The lowest BCUT2D eigenvalue weighted by Crippen LogP contribution is -2.41. The number of rotatable bonds is 7. The first-order valence-electron chi connectivity index (χ1n) is 6.11. The number of carboxylic acids is 1. The van der Waals surface area contributed by atoms with Gasteiger partial charge in [0, 0.05) is 12.0 Å². The van der Waals surface area contributed by atoms with Gasteiger partial charge in [0.15, 0.2) is 0 Å². The predicted molar refractivity (Wildman–Crippen MR) is 69.1 cm³/mol. The third-order valence-corrected chi connectivity index (χ3v) is 3.01. The van der Waals surface area contributed by atoms with E-state index in [9.17, 15) is 13.6 Å². The summed E-state index contributed by atoms with van der Waals surface area (Å²) in [6, 6.07) is 8.27. The molecular weight excluding hydrogens is 252 g/mol. The van der Waals surface area contributed by atoms with Crippen molar-refractivity contribution in [2.75, 3.05) is 0 Å². The van der Waals surface area contributed by atoms with Gasteiger partial charge in [-0.2, -0.15) is 0 Å². The Bertz CT molecular complexity index is 407. The summed E-state index contributed by atoms with van der Waals surface area (Å²) >= 11 is 0. The van der Waals surface area contributed by atoms with Crippen molar-refractivity contribution in [2.45, 2.75) is 39.3 Å². The molecule has 1 unspecified atom stereocenters. The number of carboxylic acid groups (broad SMARTS) is 1. The third-order valence-electron chi connectivity index (χ3n) is 3.01. The summed E-state index contributed by atoms with van der Waals surface area (Å²) in [5.41, 5.74) is -0.407. The van der Waals surface area contributed by atoms with Crippen molar-refractivity contribution in [2.24, 2.45) is 5.41 Å². The molecule has 19 heavy (non-hydrogen) atoms. The largest absolute Gasteiger partial charge is 0.480 e. The average molecular weight is 271 g/mol. The highest BCUT2D eigenvalue weighted by molar-refractivity contribution is 5.73. The molecule has 106 valence electrons. The Hall–Kier alpha value is -1.49. The lowest BCUT2D eigenvalue weighted by molar-refractivity contribution is -0.141. The van der Waals surface area contributed by atoms with Crippen LogP contribution in [0, 0.1) is 5.41 Å². The molecule has 0 heterocycles. The Labute approximate surface area is 111 Å². The maximum atomic E-state index is 12.8. The van der Waals surface area contributed by atoms with Crippen LogP contribution in [0.3, 0.4) is 0 Å². The van der Waals surface area contributed by atoms with Crippen LogP contribution in [0.2, 0.25) is 0 Å². The molecule has 0 aliphatic carbocycles. The van der Waals surface area contributed by atoms with Gasteiger partial charge in [-0.15, -0.1) is 0 Å². The highest BCUT2D eigenvalue weighted by Crippen LogP contribution is 2.30. The van der Waals surface area contributed by atoms with Gasteiger partial charge in [0.25, 0.3) is 0 Å². The zero-order valence-electron chi connectivity index (χ0n) is 11.1. The molecule has 1 rings (SSSR count). The molecule has 2 N–H and O–H groups in total. The van der Waals surface area contributed by atoms with Gasteiger partial charge in [0.1, 0.15) is 6.04 Å². The second-order valence-electron chi connectivity index (χ2n) is 5.25. The van der Waals surface area contributed by atoms with E-state index in [1.54, 1.807) is 0 Å². The van der Waals surface area contributed by atoms with E-state index in [4.69, 9.17) is 5.11 Å². The number of alkyl halides is 2. The molecule has 0 saturated heterocycles. The number of nitrogens with one attached hydrogen (secondary N) is 1. The van der Waals surface area contributed by atoms with Crippen molar-refractivity contribution in [3.8, 4) is 0 Å². The molecule has 5 heteroatoms. The molecule has 0 radical (unpaired) electrons. The summed E-state index contributed by atoms with van der Waals surface area (Å²) in [6.45, 7) is 3.09. The zero-order valence-corrected chi connectivity index (χ0v) is 11.1. The van der Waals surface area contributed by atoms with Crippen molar-refractivity contribution in [3.63, 3.8) is 0 Å². The topological polar surface area (TPSA) is 49.3 Å². The molecule has 1 atom stereocenters. The van der Waals surface area contributed by atoms with Crippen LogP contribution in [-0.4, -0.2) is 23.5 Å². The zero-order chi connectivity index (χ0) is 14.5. The van der Waals surface area contributed by atoms with Crippen LogP contribution in [0.4, 0.5) is 8.78 Å². The number of hydrogen-bond acceptors (Lipinski definition) is 2. The van der Waals surface area contributed by atoms with E-state index in [1.165, 1.54) is 13.8 Å². The smallest absolute Gasteiger partial charge is 0.320 e. The SMILES string of the molecule is CC(C)(CC(NCc1ccccc1)C(=O)O)C(F)F. The van der Waals surface area contributed by atoms with Crippen molar-refractivity contribution >= 4 is 5.97 Å². The molecule has 0 aromatic heterocycles. The minimum Gasteiger partial charge on any atom is -0.480 e. The van der Waals surface area contributed by atoms with Gasteiger partial charge in [-0.25, -0.2) is 8.78 Å². The van der Waals surface area contributed by atoms with E-state index < -0.39 is 23.9 Å². The number of aliphatic carboxylic acids is 1. The Kier molecular flexibility index (Phi) is 5.42. The second kappa shape index (κ2) is 6.61. The summed E-state index contributed by atoms with van der Waals surface area (Å²) in [7, 11) is 0. The van der Waals surface area contributed by atoms with Crippen LogP contribution in [0.25, 0.3) is 0 Å². The van der Waals surface area contributed by atoms with Gasteiger partial charge in [0.05, 0.1) is 0 Å². The van der Waals surface area contributed by atoms with Gasteiger partial charge in [-0.05, 0) is 12.0 Å². The maximum absolute atomic E-state index is 12.8. The van der Waals surface area contributed by atoms with Crippen molar-refractivity contribution < 1.29 is 18.7 Å². The van der Waals surface area contributed by atoms with Crippen molar-refractivity contribution in [1.29, 1.82) is 0 Å². The van der Waals surface area contributed by atoms with Crippen molar-refractivity contribution in [3.05, 3.63) is 35.9 Å². The van der Waals surface area contributed by atoms with Crippen LogP contribution >= 0.6 is 0 Å². The van der Waals surface area contributed by atoms with E-state index in [2.05, 4.69) is 5.32 Å². The van der Waals surface area contributed by atoms with E-state index in [1.807, 2.05) is 30.3 Å². The highest BCUT2D eigenvalue weighted by atomic mass is 19.3. The van der Waals surface area contributed by atoms with Gasteiger partial charge in [-0.3, -0.25) is 4.79 Å². The molecule has 0 spiro atoms. The van der Waals surface area contributed by atoms with Crippen molar-refractivity contribution in [1.82, 2.24) is 5.32 Å². The Balaban J connectivity index is 2.62. The molecule has 0 fully saturated rings. The summed E-state index contributed by atoms with van der Waals surface area (Å²) in [5, 5.41) is 11.9. The lowest BCUT2D eigenvalue weighted by Gasteiger charge is -2.27. The summed E-state index contributed by atoms with van der Waals surface area (Å²) in [4.78, 5) is 11.1. The predicted octanol–water partition coefficient (Wildman–Crippen LogP) is 2.91. The van der Waals surface area contributed by atoms with E-state index >= 15 is 0 Å². The van der Waals surface area contributed by atoms with Gasteiger partial charge in [-0.1, -0.05) is 44.2 Å². The summed E-state index contributed by atoms with van der Waals surface area (Å²) in [5.74, 6) is -1.11. The Morgan fingerprint density at radius 3 is 2.37 bits per heavy atom. The minimum atomic E-state index is -2.55. The number of carbonyl (C=O) groups is 1. The molecule has 0 aliphatic heterocycles. The normalized spacial score (nSPS) is 13.5. The van der Waals surface area contributed by atoms with E-state index in [-0.39, 0.29) is 6.42 Å². The monoisotopic (exact) mass is 271 g/mol. The Morgan fingerprint density at radius 1 is 1.32 bits per heavy atom. The van der Waals surface area contributed by atoms with E-state index in [0.717, 1.165) is 5.56 Å². The standard InChI is InChI=1S/C14H19F2NO2/c1-14(2,13(15)16)8-11(12(18)19)17-9-10-6-4-3-5-7-10/h3-7,11,13,17H,8-9H2,1-2H3,(H,18,19). The minimum absolute atomic E-state index is 0.118. The average Bonchev–Trinajstić information content (AvgIpc) is 2.35. The highest BCUT2D eigenvalue weighted by Gasteiger charge is 2.34. The molecular formula is C14H19F2NO2. The summed E-state index contributed by atoms with van der Waals surface area (Å²) < 4.78 is 25.6. The fourth-order valence-electron chi connectivity index (χ4n) is 1.70. The van der Waals surface area contributed by atoms with Crippen LogP contribution in [0.5, 0.6) is 0 Å². The molecule has 0 aliphatic rings. The third kappa shape index (κ3) is 4.95. The molecule has 0 saturated carbocycles. The Morgan fingerprint density at radius 2 is 1.89 bits per heavy atom. The maximum Gasteiger partial charge on any atom is 0.320 e. The number of halogens is 2. The van der Waals surface area contributed by atoms with Crippen LogP contribution < -0.4 is 5.32 Å². The first-order chi connectivity index (χ1) is 8.83. The van der Waals surface area contributed by atoms with E-state index in [0.29, 0.717) is 6.54 Å². The quantitative estimate of drug-likeness (QED) is 0.801. The second-order valence-corrected chi connectivity index (χ2v) is 5.25. The molecule has 1 aromatic carbocycles. The fourth-order valence-corrected chi connectivity index (χ4v) is 1.70. The first-order valence-corrected chi connectivity index (χ1v) is 6.11. The first kappa shape index (κ1) is 15.6. The van der Waals surface area contributed by atoms with Gasteiger partial charge in [0.2, 0.25) is 6.43 Å². The molecule has 3 nitrogen and oxygen atoms in total. The molecule has 0 amide bonds. The van der Waals surface area contributed by atoms with Crippen LogP contribution in [0.15, 0.2) is 30.3 Å². The van der Waals surface area contributed by atoms with Crippen LogP contribution in [-0.2, 0) is 11.3 Å². The van der Waals surface area contributed by atoms with Crippen LogP contribution in [0.1, 0.15) is 25.8 Å². The van der Waals surface area contributed by atoms with Gasteiger partial charge < -0.3 is 10.4 Å². The van der Waals surface area contributed by atoms with Gasteiger partial charge >= 0.3 is 5.97 Å². The molecule has 0 bridgehead atoms. The summed E-state index contributed by atoms with van der Waals surface area (Å²) in [6.07, 6.45) is -2.67. The lowest BCUT2D eigenvalue weighted by atomic mass is 9.86. The fraction of sp³-hybridized carbons (Fsp3) is 0.500. The number of benzene rings is 1.